The molecule has 1 atom stereocenters. The van der Waals surface area contributed by atoms with Gasteiger partial charge in [0.05, 0.1) is 28.2 Å². The third kappa shape index (κ3) is 3.61. The van der Waals surface area contributed by atoms with Crippen LogP contribution in [0.1, 0.15) is 35.7 Å². The fraction of sp³-hybridized carbons (Fsp3) is 0.292. The molecule has 1 aliphatic heterocycles. The zero-order valence-corrected chi connectivity index (χ0v) is 17.4. The van der Waals surface area contributed by atoms with Crippen LogP contribution in [0.5, 0.6) is 0 Å². The number of fused-ring (bicyclic) bond motifs is 3. The Balaban J connectivity index is 1.52. The van der Waals surface area contributed by atoms with Gasteiger partial charge in [0, 0.05) is 30.3 Å². The zero-order chi connectivity index (χ0) is 21.4. The van der Waals surface area contributed by atoms with E-state index in [9.17, 15) is 9.59 Å². The first-order chi connectivity index (χ1) is 15.1. The molecule has 7 heteroatoms. The lowest BCUT2D eigenvalue weighted by molar-refractivity contribution is 0.0858. The first-order valence-corrected chi connectivity index (χ1v) is 10.7. The highest BCUT2D eigenvalue weighted by Crippen LogP contribution is 2.22. The lowest BCUT2D eigenvalue weighted by Gasteiger charge is -2.11. The van der Waals surface area contributed by atoms with Crippen LogP contribution < -0.4 is 10.9 Å². The van der Waals surface area contributed by atoms with Gasteiger partial charge >= 0.3 is 0 Å². The van der Waals surface area contributed by atoms with E-state index in [1.807, 2.05) is 24.3 Å². The molecule has 1 amide bonds. The van der Waals surface area contributed by atoms with Crippen LogP contribution in [0.15, 0.2) is 53.5 Å². The number of ether oxygens (including phenoxy) is 1. The molecular weight excluding hydrogens is 392 g/mol. The van der Waals surface area contributed by atoms with Crippen molar-refractivity contribution in [2.75, 3.05) is 13.2 Å². The molecule has 1 aliphatic rings. The second-order valence-corrected chi connectivity index (χ2v) is 7.90. The minimum atomic E-state index is -0.165. The third-order valence-electron chi connectivity index (χ3n) is 5.90. The number of nitrogens with zero attached hydrogens (tertiary/aromatic N) is 2. The summed E-state index contributed by atoms with van der Waals surface area (Å²) in [5, 5.41) is 7.39. The van der Waals surface area contributed by atoms with Crippen LogP contribution in [0, 0.1) is 0 Å². The van der Waals surface area contributed by atoms with Crippen LogP contribution >= 0.6 is 0 Å². The maximum atomic E-state index is 13.0. The predicted molar refractivity (Wildman–Crippen MR) is 120 cm³/mol. The summed E-state index contributed by atoms with van der Waals surface area (Å²) in [5.74, 6) is -0.161. The first-order valence-electron chi connectivity index (χ1n) is 10.7. The molecule has 3 heterocycles. The smallest absolute Gasteiger partial charge is 0.280 e. The van der Waals surface area contributed by atoms with Crippen molar-refractivity contribution < 1.29 is 9.53 Å². The number of benzene rings is 2. The van der Waals surface area contributed by atoms with Gasteiger partial charge in [0.1, 0.15) is 0 Å². The SMILES string of the molecule is CCc1ccc(-n2[nH]c3c(cnc4ccc(C(=O)NC[C@H]5CCCO5)cc43)c2=O)cc1. The summed E-state index contributed by atoms with van der Waals surface area (Å²) in [6.45, 7) is 3.35. The monoisotopic (exact) mass is 416 g/mol. The van der Waals surface area contributed by atoms with E-state index in [4.69, 9.17) is 4.74 Å². The van der Waals surface area contributed by atoms with E-state index in [-0.39, 0.29) is 17.6 Å². The maximum absolute atomic E-state index is 13.0. The van der Waals surface area contributed by atoms with Crippen LogP contribution in [0.2, 0.25) is 0 Å². The molecule has 0 bridgehead atoms. The molecule has 5 rings (SSSR count). The fourth-order valence-corrected chi connectivity index (χ4v) is 4.08. The van der Waals surface area contributed by atoms with E-state index < -0.39 is 0 Å². The lowest BCUT2D eigenvalue weighted by atomic mass is 10.1. The first kappa shape index (κ1) is 19.5. The van der Waals surface area contributed by atoms with Crippen LogP contribution in [-0.4, -0.2) is 39.9 Å². The van der Waals surface area contributed by atoms with Gasteiger partial charge in [-0.3, -0.25) is 19.7 Å². The number of carbonyl (C=O) groups is 1. The number of H-pyrrole nitrogens is 1. The average molecular weight is 416 g/mol. The van der Waals surface area contributed by atoms with Crippen LogP contribution in [0.3, 0.4) is 0 Å². The molecule has 0 spiro atoms. The number of aromatic amines is 1. The number of amides is 1. The summed E-state index contributed by atoms with van der Waals surface area (Å²) in [7, 11) is 0. The highest BCUT2D eigenvalue weighted by atomic mass is 16.5. The van der Waals surface area contributed by atoms with Gasteiger partial charge in [-0.2, -0.15) is 0 Å². The van der Waals surface area contributed by atoms with Crippen molar-refractivity contribution in [2.24, 2.45) is 0 Å². The Bertz CT molecular complexity index is 1310. The third-order valence-corrected chi connectivity index (χ3v) is 5.90. The molecule has 2 N–H and O–H groups in total. The van der Waals surface area contributed by atoms with Gasteiger partial charge in [-0.05, 0) is 55.2 Å². The highest BCUT2D eigenvalue weighted by molar-refractivity contribution is 6.06. The Morgan fingerprint density at radius 2 is 2.06 bits per heavy atom. The number of hydrogen-bond donors (Lipinski definition) is 2. The number of nitrogens with one attached hydrogen (secondary N) is 2. The molecule has 1 saturated heterocycles. The molecule has 2 aromatic carbocycles. The van der Waals surface area contributed by atoms with Gasteiger partial charge in [0.15, 0.2) is 0 Å². The lowest BCUT2D eigenvalue weighted by Crippen LogP contribution is -2.31. The molecule has 0 unspecified atom stereocenters. The maximum Gasteiger partial charge on any atom is 0.280 e. The molecule has 7 nitrogen and oxygen atoms in total. The van der Waals surface area contributed by atoms with E-state index >= 15 is 0 Å². The predicted octanol–water partition coefficient (Wildman–Crippen LogP) is 3.34. The Hall–Kier alpha value is -3.45. The summed E-state index contributed by atoms with van der Waals surface area (Å²) in [6.07, 6.45) is 4.61. The van der Waals surface area contributed by atoms with E-state index in [0.717, 1.165) is 42.5 Å². The Morgan fingerprint density at radius 3 is 2.81 bits per heavy atom. The number of rotatable bonds is 5. The van der Waals surface area contributed by atoms with Crippen molar-refractivity contribution in [1.29, 1.82) is 0 Å². The van der Waals surface area contributed by atoms with Crippen LogP contribution in [-0.2, 0) is 11.2 Å². The molecule has 4 aromatic rings. The number of aryl methyl sites for hydroxylation is 1. The summed E-state index contributed by atoms with van der Waals surface area (Å²) in [6, 6.07) is 13.2. The molecule has 2 aromatic heterocycles. The zero-order valence-electron chi connectivity index (χ0n) is 17.4. The standard InChI is InChI=1S/C24H24N4O3/c1-2-15-5-8-17(9-6-15)28-24(30)20-14-25-21-10-7-16(12-19(21)22(20)27-28)23(29)26-13-18-4-3-11-31-18/h5-10,12,14,18,27H,2-4,11,13H2,1H3,(H,26,29)/t18-/m1/s1. The van der Waals surface area contributed by atoms with Gasteiger partial charge in [0.25, 0.3) is 11.5 Å². The van der Waals surface area contributed by atoms with Crippen molar-refractivity contribution in [3.63, 3.8) is 0 Å². The fourth-order valence-electron chi connectivity index (χ4n) is 4.08. The largest absolute Gasteiger partial charge is 0.376 e. The molecule has 1 fully saturated rings. The van der Waals surface area contributed by atoms with E-state index in [2.05, 4.69) is 22.3 Å². The quantitative estimate of drug-likeness (QED) is 0.522. The molecule has 158 valence electrons. The van der Waals surface area contributed by atoms with E-state index in [1.165, 1.54) is 10.2 Å². The topological polar surface area (TPSA) is 89.0 Å². The number of aromatic nitrogens is 3. The summed E-state index contributed by atoms with van der Waals surface area (Å²) in [4.78, 5) is 30.1. The Kier molecular flexibility index (Phi) is 5.03. The normalized spacial score (nSPS) is 16.2. The highest BCUT2D eigenvalue weighted by Gasteiger charge is 2.18. The average Bonchev–Trinajstić information content (AvgIpc) is 3.45. The summed E-state index contributed by atoms with van der Waals surface area (Å²) in [5.41, 5.74) is 3.72. The minimum Gasteiger partial charge on any atom is -0.376 e. The molecular formula is C24H24N4O3. The van der Waals surface area contributed by atoms with Gasteiger partial charge in [-0.15, -0.1) is 0 Å². The summed E-state index contributed by atoms with van der Waals surface area (Å²) >= 11 is 0. The Morgan fingerprint density at radius 1 is 1.23 bits per heavy atom. The number of pyridine rings is 1. The second-order valence-electron chi connectivity index (χ2n) is 7.90. The van der Waals surface area contributed by atoms with Gasteiger partial charge in [-0.25, -0.2) is 4.68 Å². The molecule has 0 aliphatic carbocycles. The van der Waals surface area contributed by atoms with Gasteiger partial charge in [-0.1, -0.05) is 19.1 Å². The summed E-state index contributed by atoms with van der Waals surface area (Å²) < 4.78 is 7.10. The number of carbonyl (C=O) groups excluding carboxylic acids is 1. The number of hydrogen-bond acceptors (Lipinski definition) is 4. The van der Waals surface area contributed by atoms with Crippen molar-refractivity contribution in [3.05, 3.63) is 70.1 Å². The van der Waals surface area contributed by atoms with Gasteiger partial charge in [0.2, 0.25) is 0 Å². The minimum absolute atomic E-state index is 0.0854. The van der Waals surface area contributed by atoms with Crippen LogP contribution in [0.25, 0.3) is 27.5 Å². The molecule has 0 radical (unpaired) electrons. The molecule has 0 saturated carbocycles. The van der Waals surface area contributed by atoms with Crippen molar-refractivity contribution >= 4 is 27.7 Å². The molecule has 31 heavy (non-hydrogen) atoms. The van der Waals surface area contributed by atoms with Crippen molar-refractivity contribution in [3.8, 4) is 5.69 Å². The van der Waals surface area contributed by atoms with Crippen molar-refractivity contribution in [2.45, 2.75) is 32.3 Å². The van der Waals surface area contributed by atoms with Crippen LogP contribution in [0.4, 0.5) is 0 Å². The van der Waals surface area contributed by atoms with Gasteiger partial charge < -0.3 is 10.1 Å². The van der Waals surface area contributed by atoms with E-state index in [0.29, 0.717) is 23.0 Å². The van der Waals surface area contributed by atoms with E-state index in [1.54, 1.807) is 24.4 Å². The Labute approximate surface area is 179 Å². The second kappa shape index (κ2) is 8.00. The van der Waals surface area contributed by atoms with Crippen molar-refractivity contribution in [1.82, 2.24) is 20.1 Å².